The fraction of sp³-hybridized carbons (Fsp3) is 0.208. The molecule has 0 spiro atoms. The van der Waals surface area contributed by atoms with Crippen molar-refractivity contribution in [2.75, 3.05) is 12.4 Å². The van der Waals surface area contributed by atoms with Crippen molar-refractivity contribution in [2.45, 2.75) is 16.7 Å². The summed E-state index contributed by atoms with van der Waals surface area (Å²) in [7, 11) is 1.50. The van der Waals surface area contributed by atoms with E-state index >= 15 is 0 Å². The number of Topliss-reactive ketones (excluding diaryl/α,β-unsaturated/α-hetero) is 1. The number of anilines is 1. The van der Waals surface area contributed by atoms with Crippen LogP contribution in [0.1, 0.15) is 27.4 Å². The Balaban J connectivity index is 1.48. The predicted octanol–water partition coefficient (Wildman–Crippen LogP) is 6.49. The van der Waals surface area contributed by atoms with Gasteiger partial charge in [0, 0.05) is 35.9 Å². The molecule has 1 aromatic heterocycles. The van der Waals surface area contributed by atoms with E-state index in [9.17, 15) is 14.0 Å². The molecule has 4 rings (SSSR count). The van der Waals surface area contributed by atoms with Gasteiger partial charge < -0.3 is 10.1 Å². The lowest BCUT2D eigenvalue weighted by molar-refractivity contribution is -0.117. The molecule has 0 bridgehead atoms. The highest BCUT2D eigenvalue weighted by molar-refractivity contribution is 6.53. The number of carbonyl (C=O) groups is 2. The molecular weight excluding hydrogens is 525 g/mol. The van der Waals surface area contributed by atoms with Gasteiger partial charge in [0.25, 0.3) is 0 Å². The average Bonchev–Trinajstić information content (AvgIpc) is 3.39. The predicted molar refractivity (Wildman–Crippen MR) is 131 cm³/mol. The van der Waals surface area contributed by atoms with Gasteiger partial charge in [0.05, 0.1) is 23.1 Å². The van der Waals surface area contributed by atoms with Crippen LogP contribution in [0.25, 0.3) is 0 Å². The number of pyridine rings is 1. The SMILES string of the molecule is COc1ccc(CC(=O)c2cc(NC(=O)C3C(c4ccc(F)c(Cl)c4)C3(Cl)Cl)ccc2Cl)cn1. The monoisotopic (exact) mass is 540 g/mol. The third kappa shape index (κ3) is 5.01. The zero-order chi connectivity index (χ0) is 24.6. The van der Waals surface area contributed by atoms with E-state index in [1.54, 1.807) is 24.4 Å². The molecule has 1 saturated carbocycles. The maximum absolute atomic E-state index is 13.5. The lowest BCUT2D eigenvalue weighted by atomic mass is 10.0. The highest BCUT2D eigenvalue weighted by Gasteiger charge is 2.67. The highest BCUT2D eigenvalue weighted by atomic mass is 35.5. The van der Waals surface area contributed by atoms with Crippen LogP contribution >= 0.6 is 46.4 Å². The van der Waals surface area contributed by atoms with Crippen molar-refractivity contribution >= 4 is 63.8 Å². The molecule has 1 amide bonds. The molecule has 2 aromatic carbocycles. The van der Waals surface area contributed by atoms with Gasteiger partial charge in [0.1, 0.15) is 10.2 Å². The second-order valence-electron chi connectivity index (χ2n) is 7.80. The van der Waals surface area contributed by atoms with Gasteiger partial charge in [0.2, 0.25) is 11.8 Å². The first kappa shape index (κ1) is 24.7. The minimum Gasteiger partial charge on any atom is -0.481 e. The number of ether oxygens (including phenoxy) is 1. The number of nitrogens with one attached hydrogen (secondary N) is 1. The summed E-state index contributed by atoms with van der Waals surface area (Å²) in [6.45, 7) is 0. The normalized spacial score (nSPS) is 18.3. The number of amides is 1. The van der Waals surface area contributed by atoms with Crippen LogP contribution < -0.4 is 10.1 Å². The van der Waals surface area contributed by atoms with Gasteiger partial charge in [-0.1, -0.05) is 35.3 Å². The Labute approximate surface area is 215 Å². The Morgan fingerprint density at radius 2 is 1.85 bits per heavy atom. The number of hydrogen-bond acceptors (Lipinski definition) is 4. The molecule has 34 heavy (non-hydrogen) atoms. The van der Waals surface area contributed by atoms with E-state index in [0.717, 1.165) is 0 Å². The highest BCUT2D eigenvalue weighted by Crippen LogP contribution is 2.65. The standard InChI is InChI=1S/C24H17Cl4FN2O3/c1-34-20-7-2-12(11-30-20)8-19(32)15-10-14(4-5-16(15)25)31-23(33)22-21(24(22,27)28)13-3-6-18(29)17(26)9-13/h2-7,9-11,21-22H,8H2,1H3,(H,31,33). The van der Waals surface area contributed by atoms with Crippen LogP contribution in [-0.4, -0.2) is 28.1 Å². The van der Waals surface area contributed by atoms with Crippen molar-refractivity contribution in [3.63, 3.8) is 0 Å². The molecule has 1 heterocycles. The average molecular weight is 542 g/mol. The second-order valence-corrected chi connectivity index (χ2v) is 10.1. The molecule has 5 nitrogen and oxygen atoms in total. The van der Waals surface area contributed by atoms with E-state index in [1.807, 2.05) is 0 Å². The van der Waals surface area contributed by atoms with E-state index in [2.05, 4.69) is 10.3 Å². The Morgan fingerprint density at radius 3 is 2.50 bits per heavy atom. The van der Waals surface area contributed by atoms with Gasteiger partial charge in [-0.2, -0.15) is 0 Å². The number of benzene rings is 2. The fourth-order valence-electron chi connectivity index (χ4n) is 3.73. The van der Waals surface area contributed by atoms with Crippen LogP contribution in [-0.2, 0) is 11.2 Å². The summed E-state index contributed by atoms with van der Waals surface area (Å²) >= 11 is 24.8. The topological polar surface area (TPSA) is 68.3 Å². The van der Waals surface area contributed by atoms with Gasteiger partial charge in [0.15, 0.2) is 5.78 Å². The Morgan fingerprint density at radius 1 is 1.09 bits per heavy atom. The van der Waals surface area contributed by atoms with Crippen molar-refractivity contribution in [1.82, 2.24) is 4.98 Å². The maximum Gasteiger partial charge on any atom is 0.231 e. The smallest absolute Gasteiger partial charge is 0.231 e. The van der Waals surface area contributed by atoms with E-state index in [-0.39, 0.29) is 27.8 Å². The summed E-state index contributed by atoms with van der Waals surface area (Å²) < 4.78 is 17.1. The Hall–Kier alpha value is -2.38. The first-order chi connectivity index (χ1) is 16.1. The summed E-state index contributed by atoms with van der Waals surface area (Å²) in [5.41, 5.74) is 1.84. The number of methoxy groups -OCH3 is 1. The second kappa shape index (κ2) is 9.70. The van der Waals surface area contributed by atoms with Gasteiger partial charge in [-0.3, -0.25) is 9.59 Å². The first-order valence-electron chi connectivity index (χ1n) is 10.1. The van der Waals surface area contributed by atoms with Crippen LogP contribution in [0.4, 0.5) is 10.1 Å². The molecule has 2 atom stereocenters. The summed E-state index contributed by atoms with van der Waals surface area (Å²) in [5.74, 6) is -2.19. The van der Waals surface area contributed by atoms with E-state index in [4.69, 9.17) is 51.1 Å². The molecule has 3 aromatic rings. The lowest BCUT2D eigenvalue weighted by Gasteiger charge is -2.09. The number of carbonyl (C=O) groups excluding carboxylic acids is 2. The van der Waals surface area contributed by atoms with Crippen molar-refractivity contribution in [2.24, 2.45) is 5.92 Å². The number of nitrogens with zero attached hydrogens (tertiary/aromatic N) is 1. The molecule has 0 saturated heterocycles. The number of alkyl halides is 2. The number of hydrogen-bond donors (Lipinski definition) is 1. The van der Waals surface area contributed by atoms with Crippen LogP contribution in [0.3, 0.4) is 0 Å². The largest absolute Gasteiger partial charge is 0.481 e. The molecule has 1 aliphatic carbocycles. The number of ketones is 1. The van der Waals surface area contributed by atoms with E-state index in [0.29, 0.717) is 22.7 Å². The minimum absolute atomic E-state index is 0.0661. The Bertz CT molecular complexity index is 1270. The van der Waals surface area contributed by atoms with E-state index in [1.165, 1.54) is 37.4 Å². The summed E-state index contributed by atoms with van der Waals surface area (Å²) in [4.78, 5) is 29.8. The maximum atomic E-state index is 13.5. The summed E-state index contributed by atoms with van der Waals surface area (Å²) in [5, 5.41) is 2.90. The lowest BCUT2D eigenvalue weighted by Crippen LogP contribution is -2.17. The number of halogens is 5. The van der Waals surface area contributed by atoms with Crippen LogP contribution in [0.2, 0.25) is 10.0 Å². The molecule has 10 heteroatoms. The Kier molecular flexibility index (Phi) is 7.06. The third-order valence-electron chi connectivity index (χ3n) is 5.54. The van der Waals surface area contributed by atoms with Crippen LogP contribution in [0, 0.1) is 11.7 Å². The first-order valence-corrected chi connectivity index (χ1v) is 11.6. The molecule has 2 unspecified atom stereocenters. The summed E-state index contributed by atoms with van der Waals surface area (Å²) in [6.07, 6.45) is 1.61. The molecule has 0 aliphatic heterocycles. The number of aromatic nitrogens is 1. The molecule has 1 aliphatic rings. The minimum atomic E-state index is -1.38. The van der Waals surface area contributed by atoms with E-state index < -0.39 is 27.9 Å². The van der Waals surface area contributed by atoms with Crippen molar-refractivity contribution < 1.29 is 18.7 Å². The van der Waals surface area contributed by atoms with Gasteiger partial charge in [-0.25, -0.2) is 9.37 Å². The molecule has 176 valence electrons. The summed E-state index contributed by atoms with van der Waals surface area (Å²) in [6, 6.07) is 12.1. The molecule has 1 N–H and O–H groups in total. The zero-order valence-corrected chi connectivity index (χ0v) is 20.6. The fourth-order valence-corrected chi connectivity index (χ4v) is 4.97. The van der Waals surface area contributed by atoms with Crippen LogP contribution in [0.15, 0.2) is 54.7 Å². The quantitative estimate of drug-likeness (QED) is 0.274. The molecular formula is C24H17Cl4FN2O3. The van der Waals surface area contributed by atoms with Crippen molar-refractivity contribution in [3.05, 3.63) is 87.3 Å². The van der Waals surface area contributed by atoms with Gasteiger partial charge in [-0.05, 0) is 41.5 Å². The van der Waals surface area contributed by atoms with Gasteiger partial charge >= 0.3 is 0 Å². The number of rotatable bonds is 7. The molecule has 0 radical (unpaired) electrons. The van der Waals surface area contributed by atoms with Crippen molar-refractivity contribution in [1.29, 1.82) is 0 Å². The third-order valence-corrected chi connectivity index (χ3v) is 7.10. The zero-order valence-electron chi connectivity index (χ0n) is 17.6. The van der Waals surface area contributed by atoms with Crippen LogP contribution in [0.5, 0.6) is 5.88 Å². The van der Waals surface area contributed by atoms with Gasteiger partial charge in [-0.15, -0.1) is 23.2 Å². The van der Waals surface area contributed by atoms with Crippen molar-refractivity contribution in [3.8, 4) is 5.88 Å². The molecule has 1 fully saturated rings.